The number of pyridine rings is 1. The monoisotopic (exact) mass is 358 g/mol. The number of nitro benzene ring substituents is 1. The SMILES string of the molecule is O=C1C=C(CCO)C(=O)c2c(-c3ccccc3[N+](=O)[O-])cc(Cl)nc21. The Morgan fingerprint density at radius 3 is 2.60 bits per heavy atom. The average Bonchev–Trinajstić information content (AvgIpc) is 2.59. The molecule has 0 aliphatic heterocycles. The van der Waals surface area contributed by atoms with E-state index < -0.39 is 16.5 Å². The molecule has 0 spiro atoms. The number of allylic oxidation sites excluding steroid dienone is 1. The highest BCUT2D eigenvalue weighted by Crippen LogP contribution is 2.37. The van der Waals surface area contributed by atoms with Crippen molar-refractivity contribution in [1.29, 1.82) is 0 Å². The number of aliphatic hydroxyl groups excluding tert-OH is 1. The van der Waals surface area contributed by atoms with Crippen LogP contribution in [0, 0.1) is 10.1 Å². The van der Waals surface area contributed by atoms with Crippen molar-refractivity contribution in [2.75, 3.05) is 6.61 Å². The highest BCUT2D eigenvalue weighted by Gasteiger charge is 2.32. The van der Waals surface area contributed by atoms with Crippen LogP contribution in [0.5, 0.6) is 0 Å². The number of hydrogen-bond donors (Lipinski definition) is 1. The van der Waals surface area contributed by atoms with E-state index in [1.165, 1.54) is 24.3 Å². The van der Waals surface area contributed by atoms with Gasteiger partial charge in [0.15, 0.2) is 5.78 Å². The van der Waals surface area contributed by atoms with Gasteiger partial charge in [-0.25, -0.2) is 4.98 Å². The number of Topliss-reactive ketones (excluding diaryl/α,β-unsaturated/α-hetero) is 1. The Hall–Kier alpha value is -2.90. The van der Waals surface area contributed by atoms with Crippen molar-refractivity contribution in [1.82, 2.24) is 4.98 Å². The van der Waals surface area contributed by atoms with Gasteiger partial charge in [-0.2, -0.15) is 0 Å². The molecule has 7 nitrogen and oxygen atoms in total. The fourth-order valence-electron chi connectivity index (χ4n) is 2.75. The van der Waals surface area contributed by atoms with Gasteiger partial charge in [0.25, 0.3) is 5.69 Å². The molecule has 0 atom stereocenters. The van der Waals surface area contributed by atoms with Crippen LogP contribution in [-0.2, 0) is 0 Å². The van der Waals surface area contributed by atoms with Crippen molar-refractivity contribution in [3.05, 3.63) is 68.5 Å². The maximum atomic E-state index is 12.8. The van der Waals surface area contributed by atoms with Crippen molar-refractivity contribution in [2.24, 2.45) is 0 Å². The van der Waals surface area contributed by atoms with Crippen molar-refractivity contribution in [3.63, 3.8) is 0 Å². The van der Waals surface area contributed by atoms with Crippen LogP contribution in [0.1, 0.15) is 27.3 Å². The number of fused-ring (bicyclic) bond motifs is 1. The summed E-state index contributed by atoms with van der Waals surface area (Å²) in [5, 5.41) is 20.4. The molecule has 0 bridgehead atoms. The molecule has 0 radical (unpaired) electrons. The van der Waals surface area contributed by atoms with Gasteiger partial charge in [0.2, 0.25) is 5.78 Å². The lowest BCUT2D eigenvalue weighted by Crippen LogP contribution is -2.20. The number of rotatable bonds is 4. The van der Waals surface area contributed by atoms with E-state index in [9.17, 15) is 19.7 Å². The number of halogens is 1. The molecular weight excluding hydrogens is 348 g/mol. The number of benzene rings is 1. The molecule has 0 fully saturated rings. The van der Waals surface area contributed by atoms with Crippen LogP contribution in [0.4, 0.5) is 5.69 Å². The minimum absolute atomic E-state index is 0.00294. The van der Waals surface area contributed by atoms with Crippen LogP contribution in [0.3, 0.4) is 0 Å². The van der Waals surface area contributed by atoms with E-state index in [2.05, 4.69) is 4.98 Å². The summed E-state index contributed by atoms with van der Waals surface area (Å²) in [5.41, 5.74) is 0.0695. The summed E-state index contributed by atoms with van der Waals surface area (Å²) in [6, 6.07) is 7.20. The third kappa shape index (κ3) is 2.95. The lowest BCUT2D eigenvalue weighted by molar-refractivity contribution is -0.384. The number of carbonyl (C=O) groups is 2. The van der Waals surface area contributed by atoms with E-state index in [-0.39, 0.29) is 51.8 Å². The maximum absolute atomic E-state index is 12.8. The van der Waals surface area contributed by atoms with Crippen LogP contribution < -0.4 is 0 Å². The number of nitrogens with zero attached hydrogens (tertiary/aromatic N) is 2. The first-order valence-corrected chi connectivity index (χ1v) is 7.66. The lowest BCUT2D eigenvalue weighted by Gasteiger charge is -2.18. The second kappa shape index (κ2) is 6.54. The van der Waals surface area contributed by atoms with Gasteiger partial charge >= 0.3 is 0 Å². The minimum Gasteiger partial charge on any atom is -0.396 e. The summed E-state index contributed by atoms with van der Waals surface area (Å²) in [5.74, 6) is -1.03. The number of hydrogen-bond acceptors (Lipinski definition) is 6. The quantitative estimate of drug-likeness (QED) is 0.511. The molecule has 1 N–H and O–H groups in total. The molecule has 1 aliphatic rings. The maximum Gasteiger partial charge on any atom is 0.277 e. The molecule has 126 valence electrons. The Morgan fingerprint density at radius 1 is 1.20 bits per heavy atom. The van der Waals surface area contributed by atoms with E-state index in [1.54, 1.807) is 6.07 Å². The summed E-state index contributed by atoms with van der Waals surface area (Å²) in [4.78, 5) is 39.7. The standard InChI is InChI=1S/C17H11ClN2O5/c18-14-8-11(10-3-1-2-4-12(10)20(24)25)15-16(19-14)13(22)7-9(5-6-21)17(15)23/h1-4,7-8,21H,5-6H2. The summed E-state index contributed by atoms with van der Waals surface area (Å²) >= 11 is 5.97. The highest BCUT2D eigenvalue weighted by atomic mass is 35.5. The Morgan fingerprint density at radius 2 is 1.92 bits per heavy atom. The fourth-order valence-corrected chi connectivity index (χ4v) is 2.95. The Bertz CT molecular complexity index is 952. The molecule has 8 heteroatoms. The molecule has 0 saturated carbocycles. The van der Waals surface area contributed by atoms with E-state index in [0.717, 1.165) is 6.08 Å². The van der Waals surface area contributed by atoms with Crippen LogP contribution in [-0.4, -0.2) is 33.2 Å². The molecule has 2 aromatic rings. The molecule has 25 heavy (non-hydrogen) atoms. The minimum atomic E-state index is -0.574. The lowest BCUT2D eigenvalue weighted by atomic mass is 9.86. The Balaban J connectivity index is 2.31. The largest absolute Gasteiger partial charge is 0.396 e. The second-order valence-electron chi connectivity index (χ2n) is 5.33. The first-order valence-electron chi connectivity index (χ1n) is 7.29. The third-order valence-electron chi connectivity index (χ3n) is 3.82. The van der Waals surface area contributed by atoms with Crippen LogP contribution in [0.15, 0.2) is 42.0 Å². The Labute approximate surface area is 146 Å². The van der Waals surface area contributed by atoms with E-state index >= 15 is 0 Å². The third-order valence-corrected chi connectivity index (χ3v) is 4.01. The summed E-state index contributed by atoms with van der Waals surface area (Å²) in [6.45, 7) is -0.304. The van der Waals surface area contributed by atoms with E-state index in [1.807, 2.05) is 0 Å². The van der Waals surface area contributed by atoms with Crippen LogP contribution in [0.2, 0.25) is 5.15 Å². The molecule has 1 aromatic carbocycles. The van der Waals surface area contributed by atoms with Gasteiger partial charge in [0.05, 0.1) is 16.1 Å². The fraction of sp³-hybridized carbons (Fsp3) is 0.118. The normalized spacial score (nSPS) is 13.4. The summed E-state index contributed by atoms with van der Waals surface area (Å²) in [7, 11) is 0. The average molecular weight is 359 g/mol. The van der Waals surface area contributed by atoms with Gasteiger partial charge < -0.3 is 5.11 Å². The van der Waals surface area contributed by atoms with Gasteiger partial charge in [-0.3, -0.25) is 19.7 Å². The summed E-state index contributed by atoms with van der Waals surface area (Å²) < 4.78 is 0. The molecule has 1 aromatic heterocycles. The van der Waals surface area contributed by atoms with Gasteiger partial charge in [0.1, 0.15) is 10.8 Å². The predicted molar refractivity (Wildman–Crippen MR) is 89.8 cm³/mol. The summed E-state index contributed by atoms with van der Waals surface area (Å²) in [6.07, 6.45) is 1.12. The predicted octanol–water partition coefficient (Wildman–Crippen LogP) is 3.00. The van der Waals surface area contributed by atoms with Crippen molar-refractivity contribution >= 4 is 28.9 Å². The number of nitro groups is 1. The first-order chi connectivity index (χ1) is 11.9. The first kappa shape index (κ1) is 16.9. The molecule has 1 heterocycles. The van der Waals surface area contributed by atoms with Gasteiger partial charge in [-0.1, -0.05) is 23.7 Å². The number of para-hydroxylation sites is 1. The van der Waals surface area contributed by atoms with Gasteiger partial charge in [0, 0.05) is 23.8 Å². The van der Waals surface area contributed by atoms with Crippen LogP contribution in [0.25, 0.3) is 11.1 Å². The molecule has 0 amide bonds. The molecule has 0 unspecified atom stereocenters. The molecule has 1 aliphatic carbocycles. The van der Waals surface area contributed by atoms with Crippen molar-refractivity contribution in [2.45, 2.75) is 6.42 Å². The van der Waals surface area contributed by atoms with E-state index in [4.69, 9.17) is 16.7 Å². The highest BCUT2D eigenvalue weighted by molar-refractivity contribution is 6.32. The second-order valence-corrected chi connectivity index (χ2v) is 5.71. The smallest absolute Gasteiger partial charge is 0.277 e. The Kier molecular flexibility index (Phi) is 4.43. The van der Waals surface area contributed by atoms with Crippen molar-refractivity contribution < 1.29 is 19.6 Å². The zero-order valence-corrected chi connectivity index (χ0v) is 13.5. The zero-order chi connectivity index (χ0) is 18.1. The number of ketones is 2. The van der Waals surface area contributed by atoms with Gasteiger partial charge in [-0.05, 0) is 24.6 Å². The number of aromatic nitrogens is 1. The van der Waals surface area contributed by atoms with Crippen LogP contribution >= 0.6 is 11.6 Å². The van der Waals surface area contributed by atoms with Gasteiger partial charge in [-0.15, -0.1) is 0 Å². The number of aliphatic hydroxyl groups is 1. The van der Waals surface area contributed by atoms with Crippen molar-refractivity contribution in [3.8, 4) is 11.1 Å². The number of carbonyl (C=O) groups excluding carboxylic acids is 2. The zero-order valence-electron chi connectivity index (χ0n) is 12.7. The van der Waals surface area contributed by atoms with E-state index in [0.29, 0.717) is 0 Å². The molecule has 3 rings (SSSR count). The molecule has 0 saturated heterocycles. The molecular formula is C17H11ClN2O5. The topological polar surface area (TPSA) is 110 Å².